The number of oxime groups is 1. The molecule has 1 aromatic heterocycles. The second kappa shape index (κ2) is 7.04. The molecule has 1 aromatic carbocycles. The van der Waals surface area contributed by atoms with Crippen molar-refractivity contribution >= 4 is 34.6 Å². The Kier molecular flexibility index (Phi) is 4.80. The Morgan fingerprint density at radius 2 is 2.27 bits per heavy atom. The fourth-order valence-electron chi connectivity index (χ4n) is 2.99. The Balaban J connectivity index is 1.83. The monoisotopic (exact) mass is 381 g/mol. The molecule has 0 unspecified atom stereocenters. The Morgan fingerprint density at radius 1 is 1.50 bits per heavy atom. The van der Waals surface area contributed by atoms with Gasteiger partial charge in [0, 0.05) is 36.8 Å². The van der Waals surface area contributed by atoms with E-state index in [1.807, 2.05) is 11.8 Å². The van der Waals surface area contributed by atoms with Crippen LogP contribution in [-0.2, 0) is 0 Å². The molecule has 0 spiro atoms. The summed E-state index contributed by atoms with van der Waals surface area (Å²) in [6.07, 6.45) is 0. The third-order valence-corrected chi connectivity index (χ3v) is 4.43. The van der Waals surface area contributed by atoms with Crippen LogP contribution in [0, 0.1) is 10.1 Å². The van der Waals surface area contributed by atoms with Crippen molar-refractivity contribution in [2.75, 3.05) is 30.3 Å². The zero-order chi connectivity index (χ0) is 18.8. The summed E-state index contributed by atoms with van der Waals surface area (Å²) >= 11 is 5.88. The van der Waals surface area contributed by atoms with Gasteiger partial charge in [-0.25, -0.2) is 4.63 Å². The minimum absolute atomic E-state index is 0.0146. The second-order valence-electron chi connectivity index (χ2n) is 5.80. The third-order valence-electron chi connectivity index (χ3n) is 4.19. The quantitative estimate of drug-likeness (QED) is 0.265. The van der Waals surface area contributed by atoms with Crippen LogP contribution < -0.4 is 10.6 Å². The summed E-state index contributed by atoms with van der Waals surface area (Å²) < 4.78 is 4.56. The van der Waals surface area contributed by atoms with Crippen molar-refractivity contribution in [2.24, 2.45) is 5.16 Å². The molecule has 1 saturated heterocycles. The molecule has 3 N–H and O–H groups in total. The highest BCUT2D eigenvalue weighted by atomic mass is 35.5. The van der Waals surface area contributed by atoms with Crippen LogP contribution >= 0.6 is 11.6 Å². The molecule has 11 nitrogen and oxygen atoms in total. The average Bonchev–Trinajstić information content (AvgIpc) is 3.03. The summed E-state index contributed by atoms with van der Waals surface area (Å²) in [4.78, 5) is 14.5. The first-order chi connectivity index (χ1) is 12.4. The minimum atomic E-state index is -0.458. The van der Waals surface area contributed by atoms with Crippen molar-refractivity contribution in [2.45, 2.75) is 13.0 Å². The first kappa shape index (κ1) is 17.7. The SMILES string of the molecule is C[C@H]1CN(c2ccc(Cl)cc2[N+](=O)[O-])CCN1/C(=N\O)c1nonc1N. The van der Waals surface area contributed by atoms with Crippen LogP contribution in [0.1, 0.15) is 12.6 Å². The van der Waals surface area contributed by atoms with E-state index in [0.717, 1.165) is 0 Å². The number of hydrogen-bond acceptors (Lipinski definition) is 9. The number of nitro benzene ring substituents is 1. The number of nitro groups is 1. The van der Waals surface area contributed by atoms with Gasteiger partial charge in [-0.3, -0.25) is 10.1 Å². The lowest BCUT2D eigenvalue weighted by atomic mass is 10.1. The molecule has 0 bridgehead atoms. The highest BCUT2D eigenvalue weighted by Gasteiger charge is 2.32. The molecular weight excluding hydrogens is 366 g/mol. The first-order valence-electron chi connectivity index (χ1n) is 7.68. The maximum Gasteiger partial charge on any atom is 0.294 e. The first-order valence-corrected chi connectivity index (χ1v) is 8.06. The Hall–Kier alpha value is -3.08. The van der Waals surface area contributed by atoms with E-state index in [-0.39, 0.29) is 29.1 Å². The van der Waals surface area contributed by atoms with Gasteiger partial charge in [-0.2, -0.15) is 0 Å². The average molecular weight is 382 g/mol. The molecule has 0 amide bonds. The molecular formula is C14H16ClN7O4. The summed E-state index contributed by atoms with van der Waals surface area (Å²) in [5.74, 6) is 0.155. The van der Waals surface area contributed by atoms with Gasteiger partial charge < -0.3 is 20.7 Å². The lowest BCUT2D eigenvalue weighted by molar-refractivity contribution is -0.384. The lowest BCUT2D eigenvalue weighted by Crippen LogP contribution is -2.54. The number of aromatic nitrogens is 2. The number of nitrogens with two attached hydrogens (primary N) is 1. The van der Waals surface area contributed by atoms with E-state index in [9.17, 15) is 15.3 Å². The molecule has 26 heavy (non-hydrogen) atoms. The Labute approximate surface area is 152 Å². The van der Waals surface area contributed by atoms with Crippen molar-refractivity contribution in [3.63, 3.8) is 0 Å². The largest absolute Gasteiger partial charge is 0.409 e. The van der Waals surface area contributed by atoms with Crippen LogP contribution in [0.4, 0.5) is 17.2 Å². The van der Waals surface area contributed by atoms with Gasteiger partial charge in [0.2, 0.25) is 5.84 Å². The smallest absolute Gasteiger partial charge is 0.294 e. The number of benzene rings is 1. The van der Waals surface area contributed by atoms with Gasteiger partial charge in [0.1, 0.15) is 5.69 Å². The summed E-state index contributed by atoms with van der Waals surface area (Å²) in [6.45, 7) is 3.22. The zero-order valence-corrected chi connectivity index (χ0v) is 14.5. The van der Waals surface area contributed by atoms with E-state index in [1.165, 1.54) is 6.07 Å². The summed E-state index contributed by atoms with van der Waals surface area (Å²) in [7, 11) is 0. The van der Waals surface area contributed by atoms with Crippen LogP contribution in [0.25, 0.3) is 0 Å². The van der Waals surface area contributed by atoms with Gasteiger partial charge in [-0.05, 0) is 29.4 Å². The number of nitrogens with zero attached hydrogens (tertiary/aromatic N) is 6. The molecule has 0 radical (unpaired) electrons. The number of amidine groups is 1. The van der Waals surface area contributed by atoms with E-state index in [4.69, 9.17) is 17.3 Å². The van der Waals surface area contributed by atoms with Crippen molar-refractivity contribution in [1.82, 2.24) is 15.2 Å². The van der Waals surface area contributed by atoms with Crippen LogP contribution in [-0.4, -0.2) is 56.9 Å². The number of hydrogen-bond donors (Lipinski definition) is 2. The van der Waals surface area contributed by atoms with E-state index in [1.54, 1.807) is 17.0 Å². The molecule has 12 heteroatoms. The van der Waals surface area contributed by atoms with E-state index in [0.29, 0.717) is 30.3 Å². The normalized spacial score (nSPS) is 18.2. The molecule has 0 saturated carbocycles. The second-order valence-corrected chi connectivity index (χ2v) is 6.24. The van der Waals surface area contributed by atoms with Crippen molar-refractivity contribution in [3.8, 4) is 0 Å². The van der Waals surface area contributed by atoms with E-state index >= 15 is 0 Å². The summed E-state index contributed by atoms with van der Waals surface area (Å²) in [5, 5.41) is 31.4. The third kappa shape index (κ3) is 3.20. The van der Waals surface area contributed by atoms with Gasteiger partial charge >= 0.3 is 0 Å². The van der Waals surface area contributed by atoms with Crippen LogP contribution in [0.15, 0.2) is 28.0 Å². The van der Waals surface area contributed by atoms with Gasteiger partial charge in [0.05, 0.1) is 4.92 Å². The van der Waals surface area contributed by atoms with Gasteiger partial charge in [-0.1, -0.05) is 16.8 Å². The number of halogens is 1. The molecule has 3 rings (SSSR count). The maximum atomic E-state index is 11.3. The van der Waals surface area contributed by atoms with Crippen LogP contribution in [0.3, 0.4) is 0 Å². The molecule has 2 aromatic rings. The standard InChI is InChI=1S/C14H16ClN7O4/c1-8-7-20(10-3-2-9(15)6-11(10)22(24)25)4-5-21(8)14(17-23)12-13(16)19-26-18-12/h2-3,6,8,23H,4-5,7H2,1H3,(H2,16,19)/b17-14-/t8-/m0/s1. The predicted octanol–water partition coefficient (Wildman–Crippen LogP) is 1.56. The number of piperazine rings is 1. The van der Waals surface area contributed by atoms with Crippen molar-refractivity contribution in [1.29, 1.82) is 0 Å². The highest BCUT2D eigenvalue weighted by molar-refractivity contribution is 6.30. The highest BCUT2D eigenvalue weighted by Crippen LogP contribution is 2.32. The van der Waals surface area contributed by atoms with Crippen molar-refractivity contribution < 1.29 is 14.8 Å². The number of rotatable bonds is 3. The van der Waals surface area contributed by atoms with Gasteiger partial charge in [0.25, 0.3) is 5.69 Å². The maximum absolute atomic E-state index is 11.3. The van der Waals surface area contributed by atoms with Gasteiger partial charge in [-0.15, -0.1) is 0 Å². The fraction of sp³-hybridized carbons (Fsp3) is 0.357. The minimum Gasteiger partial charge on any atom is -0.409 e. The van der Waals surface area contributed by atoms with Crippen LogP contribution in [0.2, 0.25) is 5.02 Å². The molecule has 1 aliphatic heterocycles. The summed E-state index contributed by atoms with van der Waals surface area (Å²) in [6, 6.07) is 4.42. The Bertz CT molecular complexity index is 856. The molecule has 0 aliphatic carbocycles. The predicted molar refractivity (Wildman–Crippen MR) is 93.5 cm³/mol. The van der Waals surface area contributed by atoms with Crippen molar-refractivity contribution in [3.05, 3.63) is 39.0 Å². The lowest BCUT2D eigenvalue weighted by Gasteiger charge is -2.41. The number of anilines is 2. The Morgan fingerprint density at radius 3 is 2.85 bits per heavy atom. The van der Waals surface area contributed by atoms with E-state index in [2.05, 4.69) is 20.1 Å². The topological polar surface area (TPSA) is 147 Å². The van der Waals surface area contributed by atoms with Gasteiger partial charge in [0.15, 0.2) is 11.5 Å². The fourth-order valence-corrected chi connectivity index (χ4v) is 3.16. The molecule has 1 atom stereocenters. The molecule has 1 aliphatic rings. The van der Waals surface area contributed by atoms with Crippen LogP contribution in [0.5, 0.6) is 0 Å². The molecule has 2 heterocycles. The molecule has 138 valence electrons. The van der Waals surface area contributed by atoms with E-state index < -0.39 is 4.92 Å². The zero-order valence-electron chi connectivity index (χ0n) is 13.7. The summed E-state index contributed by atoms with van der Waals surface area (Å²) in [5.41, 5.74) is 6.24. The number of nitrogen functional groups attached to an aromatic ring is 1. The molecule has 1 fully saturated rings.